The minimum absolute atomic E-state index is 0.483. The quantitative estimate of drug-likeness (QED) is 0.828. The predicted molar refractivity (Wildman–Crippen MR) is 88.0 cm³/mol. The van der Waals surface area contributed by atoms with E-state index in [1.807, 2.05) is 7.05 Å². The van der Waals surface area contributed by atoms with Crippen molar-refractivity contribution in [2.75, 3.05) is 24.2 Å². The molecule has 0 amide bonds. The number of nitrogens with zero attached hydrogens (tertiary/aromatic N) is 2. The van der Waals surface area contributed by atoms with Crippen molar-refractivity contribution >= 4 is 11.6 Å². The molecule has 1 aromatic rings. The summed E-state index contributed by atoms with van der Waals surface area (Å²) in [5.74, 6) is 3.62. The van der Waals surface area contributed by atoms with E-state index in [2.05, 4.69) is 29.5 Å². The van der Waals surface area contributed by atoms with Gasteiger partial charge in [0.15, 0.2) is 0 Å². The van der Waals surface area contributed by atoms with Crippen LogP contribution in [0.3, 0.4) is 0 Å². The van der Waals surface area contributed by atoms with Gasteiger partial charge in [0.05, 0.1) is 0 Å². The van der Waals surface area contributed by atoms with Gasteiger partial charge in [0.2, 0.25) is 0 Å². The van der Waals surface area contributed by atoms with Crippen LogP contribution in [0.4, 0.5) is 11.6 Å². The largest absolute Gasteiger partial charge is 0.373 e. The van der Waals surface area contributed by atoms with Gasteiger partial charge in [-0.25, -0.2) is 9.97 Å². The maximum absolute atomic E-state index is 4.81. The molecule has 0 spiro atoms. The van der Waals surface area contributed by atoms with E-state index in [0.717, 1.165) is 29.6 Å². The molecule has 4 heteroatoms. The summed E-state index contributed by atoms with van der Waals surface area (Å²) in [5, 5.41) is 6.87. The van der Waals surface area contributed by atoms with E-state index < -0.39 is 0 Å². The predicted octanol–water partition coefficient (Wildman–Crippen LogP) is 4.09. The Hall–Kier alpha value is -1.32. The first-order valence-corrected chi connectivity index (χ1v) is 8.47. The van der Waals surface area contributed by atoms with Crippen molar-refractivity contribution in [3.05, 3.63) is 11.4 Å². The van der Waals surface area contributed by atoms with Gasteiger partial charge >= 0.3 is 0 Å². The summed E-state index contributed by atoms with van der Waals surface area (Å²) in [7, 11) is 1.94. The van der Waals surface area contributed by atoms with Gasteiger partial charge < -0.3 is 10.6 Å². The molecule has 116 valence electrons. The summed E-state index contributed by atoms with van der Waals surface area (Å²) in [4.78, 5) is 9.48. The Kier molecular flexibility index (Phi) is 4.05. The second-order valence-electron chi connectivity index (χ2n) is 6.84. The van der Waals surface area contributed by atoms with E-state index in [1.54, 1.807) is 0 Å². The van der Waals surface area contributed by atoms with Crippen LogP contribution in [0.15, 0.2) is 0 Å². The van der Waals surface area contributed by atoms with Gasteiger partial charge in [0, 0.05) is 25.1 Å². The topological polar surface area (TPSA) is 49.8 Å². The van der Waals surface area contributed by atoms with Crippen LogP contribution >= 0.6 is 0 Å². The van der Waals surface area contributed by atoms with Crippen LogP contribution in [-0.4, -0.2) is 23.6 Å². The second-order valence-corrected chi connectivity index (χ2v) is 6.84. The Morgan fingerprint density at radius 3 is 2.38 bits per heavy atom. The third kappa shape index (κ3) is 2.99. The zero-order valence-electron chi connectivity index (χ0n) is 13.6. The van der Waals surface area contributed by atoms with Crippen molar-refractivity contribution in [1.82, 2.24) is 9.97 Å². The third-order valence-corrected chi connectivity index (χ3v) is 5.39. The van der Waals surface area contributed by atoms with Crippen molar-refractivity contribution in [1.29, 1.82) is 0 Å². The van der Waals surface area contributed by atoms with Crippen LogP contribution in [0.25, 0.3) is 0 Å². The van der Waals surface area contributed by atoms with Gasteiger partial charge in [-0.1, -0.05) is 19.8 Å². The molecule has 2 fully saturated rings. The fraction of sp³-hybridized carbons (Fsp3) is 0.765. The minimum atomic E-state index is 0.483. The zero-order valence-corrected chi connectivity index (χ0v) is 13.6. The Morgan fingerprint density at radius 2 is 1.81 bits per heavy atom. The smallest absolute Gasteiger partial charge is 0.136 e. The molecule has 21 heavy (non-hydrogen) atoms. The minimum Gasteiger partial charge on any atom is -0.373 e. The van der Waals surface area contributed by atoms with E-state index in [0.29, 0.717) is 11.3 Å². The van der Waals surface area contributed by atoms with Crippen LogP contribution in [0, 0.1) is 12.3 Å². The number of hydrogen-bond donors (Lipinski definition) is 2. The highest BCUT2D eigenvalue weighted by atomic mass is 15.1. The van der Waals surface area contributed by atoms with Crippen LogP contribution in [-0.2, 0) is 0 Å². The first-order chi connectivity index (χ1) is 10.2. The molecule has 1 aromatic heterocycles. The molecule has 2 aliphatic rings. The molecule has 1 heterocycles. The Bertz CT molecular complexity index is 502. The monoisotopic (exact) mass is 288 g/mol. The van der Waals surface area contributed by atoms with Gasteiger partial charge in [0.1, 0.15) is 17.5 Å². The summed E-state index contributed by atoms with van der Waals surface area (Å²) in [6.07, 6.45) is 9.22. The molecule has 0 bridgehead atoms. The maximum atomic E-state index is 4.81. The van der Waals surface area contributed by atoms with Gasteiger partial charge in [-0.2, -0.15) is 0 Å². The van der Waals surface area contributed by atoms with Gasteiger partial charge in [-0.05, 0) is 44.4 Å². The lowest BCUT2D eigenvalue weighted by Gasteiger charge is -2.28. The normalized spacial score (nSPS) is 20.5. The highest BCUT2D eigenvalue weighted by Crippen LogP contribution is 2.42. The fourth-order valence-electron chi connectivity index (χ4n) is 3.53. The fourth-order valence-corrected chi connectivity index (χ4v) is 3.53. The molecule has 0 saturated heterocycles. The zero-order chi connectivity index (χ0) is 14.9. The van der Waals surface area contributed by atoms with Gasteiger partial charge in [0.25, 0.3) is 0 Å². The Labute approximate surface area is 128 Å². The third-order valence-electron chi connectivity index (χ3n) is 5.39. The lowest BCUT2D eigenvalue weighted by molar-refractivity contribution is 0.306. The van der Waals surface area contributed by atoms with Gasteiger partial charge in [-0.3, -0.25) is 0 Å². The molecule has 0 aromatic carbocycles. The van der Waals surface area contributed by atoms with E-state index in [9.17, 15) is 0 Å². The highest BCUT2D eigenvalue weighted by Gasteiger charge is 2.32. The number of rotatable bonds is 6. The number of anilines is 2. The summed E-state index contributed by atoms with van der Waals surface area (Å²) < 4.78 is 0. The lowest BCUT2D eigenvalue weighted by atomic mass is 9.83. The van der Waals surface area contributed by atoms with Crippen LogP contribution in [0.5, 0.6) is 0 Å². The molecule has 3 rings (SSSR count). The summed E-state index contributed by atoms with van der Waals surface area (Å²) in [6.45, 7) is 5.49. The standard InChI is InChI=1S/C17H28N4/c1-4-17(9-5-6-10-17)11-19-15-12(2)14(18-3)20-16(21-15)13-7-8-13/h13H,4-11H2,1-3H3,(H2,18,19,20,21). The SMILES string of the molecule is CCC1(CNc2nc(C3CC3)nc(NC)c2C)CCCC1. The summed E-state index contributed by atoms with van der Waals surface area (Å²) in [6, 6.07) is 0. The molecule has 0 unspecified atom stereocenters. The summed E-state index contributed by atoms with van der Waals surface area (Å²) in [5.41, 5.74) is 1.63. The molecule has 0 radical (unpaired) electrons. The maximum Gasteiger partial charge on any atom is 0.136 e. The second kappa shape index (κ2) is 5.82. The molecule has 2 N–H and O–H groups in total. The first kappa shape index (κ1) is 14.6. The number of nitrogens with one attached hydrogen (secondary N) is 2. The number of aromatic nitrogens is 2. The average molecular weight is 288 g/mol. The van der Waals surface area contributed by atoms with E-state index in [-0.39, 0.29) is 0 Å². The highest BCUT2D eigenvalue weighted by molar-refractivity contribution is 5.57. The van der Waals surface area contributed by atoms with E-state index >= 15 is 0 Å². The Balaban J connectivity index is 1.79. The van der Waals surface area contributed by atoms with Crippen molar-refractivity contribution in [2.24, 2.45) is 5.41 Å². The molecular formula is C17H28N4. The molecule has 0 atom stereocenters. The molecule has 2 aliphatic carbocycles. The molecular weight excluding hydrogens is 260 g/mol. The molecule has 0 aliphatic heterocycles. The Morgan fingerprint density at radius 1 is 1.14 bits per heavy atom. The van der Waals surface area contributed by atoms with Crippen molar-refractivity contribution in [3.63, 3.8) is 0 Å². The van der Waals surface area contributed by atoms with E-state index in [4.69, 9.17) is 4.98 Å². The van der Waals surface area contributed by atoms with Crippen LogP contribution in [0.2, 0.25) is 0 Å². The molecule has 4 nitrogen and oxygen atoms in total. The van der Waals surface area contributed by atoms with Crippen molar-refractivity contribution in [3.8, 4) is 0 Å². The van der Waals surface area contributed by atoms with E-state index in [1.165, 1.54) is 44.9 Å². The lowest BCUT2D eigenvalue weighted by Crippen LogP contribution is -2.26. The van der Waals surface area contributed by atoms with Crippen molar-refractivity contribution in [2.45, 2.75) is 64.7 Å². The first-order valence-electron chi connectivity index (χ1n) is 8.47. The average Bonchev–Trinajstić information content (AvgIpc) is 3.25. The van der Waals surface area contributed by atoms with Crippen LogP contribution in [0.1, 0.15) is 69.2 Å². The van der Waals surface area contributed by atoms with Gasteiger partial charge in [-0.15, -0.1) is 0 Å². The van der Waals surface area contributed by atoms with Crippen LogP contribution < -0.4 is 10.6 Å². The van der Waals surface area contributed by atoms with Crippen molar-refractivity contribution < 1.29 is 0 Å². The number of hydrogen-bond acceptors (Lipinski definition) is 4. The molecule has 2 saturated carbocycles. The summed E-state index contributed by atoms with van der Waals surface area (Å²) >= 11 is 0.